The van der Waals surface area contributed by atoms with Crippen molar-refractivity contribution in [2.45, 2.75) is 70.1 Å². The molecule has 0 aliphatic carbocycles. The molecule has 1 saturated heterocycles. The summed E-state index contributed by atoms with van der Waals surface area (Å²) in [6, 6.07) is 3.20. The molecule has 12 heteroatoms. The van der Waals surface area contributed by atoms with E-state index in [0.29, 0.717) is 19.3 Å². The van der Waals surface area contributed by atoms with Crippen LogP contribution in [-0.4, -0.2) is 75.3 Å². The van der Waals surface area contributed by atoms with E-state index in [1.807, 2.05) is 31.2 Å². The lowest BCUT2D eigenvalue weighted by molar-refractivity contribution is -0.144. The van der Waals surface area contributed by atoms with Crippen LogP contribution in [-0.2, 0) is 30.4 Å². The van der Waals surface area contributed by atoms with Crippen LogP contribution >= 0.6 is 0 Å². The van der Waals surface area contributed by atoms with Gasteiger partial charge in [-0.05, 0) is 30.4 Å². The number of H-pyrrole nitrogens is 1. The molecule has 1 aliphatic rings. The summed E-state index contributed by atoms with van der Waals surface area (Å²) in [7, 11) is 0. The summed E-state index contributed by atoms with van der Waals surface area (Å²) in [5, 5.41) is 15.9. The molecular weight excluding hydrogens is 492 g/mol. The van der Waals surface area contributed by atoms with Gasteiger partial charge in [-0.25, -0.2) is 4.79 Å². The third-order valence-electron chi connectivity index (χ3n) is 7.09. The number of nitrogens with zero attached hydrogens (tertiary/aromatic N) is 1. The monoisotopic (exact) mass is 528 g/mol. The minimum atomic E-state index is -1.17. The molecule has 1 fully saturated rings. The molecule has 206 valence electrons. The summed E-state index contributed by atoms with van der Waals surface area (Å²) in [4.78, 5) is 67.1. The van der Waals surface area contributed by atoms with Crippen molar-refractivity contribution in [2.24, 2.45) is 17.4 Å². The molecule has 3 rings (SSSR count). The fraction of sp³-hybridized carbons (Fsp3) is 0.500. The first-order chi connectivity index (χ1) is 18.0. The van der Waals surface area contributed by atoms with Crippen LogP contribution in [0.15, 0.2) is 30.5 Å². The number of primary amides is 1. The van der Waals surface area contributed by atoms with Crippen LogP contribution in [0, 0.1) is 5.92 Å². The Morgan fingerprint density at radius 3 is 2.55 bits per heavy atom. The van der Waals surface area contributed by atoms with Crippen molar-refractivity contribution in [3.63, 3.8) is 0 Å². The summed E-state index contributed by atoms with van der Waals surface area (Å²) >= 11 is 0. The average Bonchev–Trinajstić information content (AvgIpc) is 3.53. The van der Waals surface area contributed by atoms with Gasteiger partial charge in [0.25, 0.3) is 0 Å². The standard InChI is InChI=1S/C26H36N6O6/c1-3-14(2)22(26(37)38)31-23(34)19(11-15-13-29-18-8-5-4-7-16(15)18)30-24(35)20-9-6-10-32(20)25(36)17(27)12-21(28)33/h4-5,7-8,13-14,17,19-20,22,29H,3,6,9-12,27H2,1-2H3,(H2,28,33)(H,30,35)(H,31,34)(H,37,38). The number of carboxylic acid groups (broad SMARTS) is 1. The number of carbonyl (C=O) groups is 5. The van der Waals surface area contributed by atoms with Crippen LogP contribution in [0.25, 0.3) is 10.9 Å². The number of para-hydroxylation sites is 1. The van der Waals surface area contributed by atoms with Crippen molar-refractivity contribution in [3.8, 4) is 0 Å². The molecule has 1 aromatic carbocycles. The van der Waals surface area contributed by atoms with E-state index in [0.717, 1.165) is 16.5 Å². The number of rotatable bonds is 12. The van der Waals surface area contributed by atoms with E-state index in [4.69, 9.17) is 11.5 Å². The molecule has 2 heterocycles. The fourth-order valence-corrected chi connectivity index (χ4v) is 4.75. The molecule has 0 bridgehead atoms. The number of fused-ring (bicyclic) bond motifs is 1. The number of nitrogens with two attached hydrogens (primary N) is 2. The predicted octanol–water partition coefficient (Wildman–Crippen LogP) is 0.00440. The Kier molecular flexibility index (Phi) is 9.45. The number of carboxylic acids is 1. The summed E-state index contributed by atoms with van der Waals surface area (Å²) in [5.41, 5.74) is 12.6. The van der Waals surface area contributed by atoms with E-state index in [1.165, 1.54) is 4.90 Å². The average molecular weight is 529 g/mol. The second-order valence-electron chi connectivity index (χ2n) is 9.80. The van der Waals surface area contributed by atoms with Crippen molar-refractivity contribution in [1.82, 2.24) is 20.5 Å². The van der Waals surface area contributed by atoms with Gasteiger partial charge in [-0.15, -0.1) is 0 Å². The molecule has 5 unspecified atom stereocenters. The van der Waals surface area contributed by atoms with Gasteiger partial charge in [-0.3, -0.25) is 19.2 Å². The lowest BCUT2D eigenvalue weighted by Gasteiger charge is -2.29. The van der Waals surface area contributed by atoms with Crippen molar-refractivity contribution in [2.75, 3.05) is 6.54 Å². The van der Waals surface area contributed by atoms with Gasteiger partial charge in [0.1, 0.15) is 18.1 Å². The van der Waals surface area contributed by atoms with Crippen LogP contribution in [0.5, 0.6) is 0 Å². The third kappa shape index (κ3) is 6.68. The van der Waals surface area contributed by atoms with Gasteiger partial charge < -0.3 is 37.1 Å². The maximum atomic E-state index is 13.4. The number of aliphatic carboxylic acids is 1. The highest BCUT2D eigenvalue weighted by Gasteiger charge is 2.38. The first-order valence-corrected chi connectivity index (χ1v) is 12.8. The van der Waals surface area contributed by atoms with Gasteiger partial charge in [-0.2, -0.15) is 0 Å². The van der Waals surface area contributed by atoms with Gasteiger partial charge in [0.2, 0.25) is 23.6 Å². The molecule has 8 N–H and O–H groups in total. The zero-order valence-electron chi connectivity index (χ0n) is 21.6. The predicted molar refractivity (Wildman–Crippen MR) is 139 cm³/mol. The molecule has 0 radical (unpaired) electrons. The smallest absolute Gasteiger partial charge is 0.326 e. The maximum Gasteiger partial charge on any atom is 0.326 e. The number of aromatic amines is 1. The first-order valence-electron chi connectivity index (χ1n) is 12.8. The van der Waals surface area contributed by atoms with Crippen molar-refractivity contribution < 1.29 is 29.1 Å². The minimum absolute atomic E-state index is 0.0935. The van der Waals surface area contributed by atoms with E-state index in [-0.39, 0.29) is 25.3 Å². The summed E-state index contributed by atoms with van der Waals surface area (Å²) < 4.78 is 0. The number of carbonyl (C=O) groups excluding carboxylic acids is 4. The molecule has 1 aromatic heterocycles. The number of likely N-dealkylation sites (tertiary alicyclic amines) is 1. The molecule has 38 heavy (non-hydrogen) atoms. The maximum absolute atomic E-state index is 13.4. The molecule has 0 spiro atoms. The lowest BCUT2D eigenvalue weighted by Crippen LogP contribution is -2.58. The van der Waals surface area contributed by atoms with E-state index in [2.05, 4.69) is 15.6 Å². The largest absolute Gasteiger partial charge is 0.480 e. The second kappa shape index (κ2) is 12.5. The van der Waals surface area contributed by atoms with Crippen molar-refractivity contribution >= 4 is 40.5 Å². The normalized spacial score (nSPS) is 18.4. The number of nitrogens with one attached hydrogen (secondary N) is 3. The Bertz CT molecular complexity index is 1200. The molecule has 0 saturated carbocycles. The van der Waals surface area contributed by atoms with Crippen LogP contribution in [0.1, 0.15) is 45.1 Å². The highest BCUT2D eigenvalue weighted by molar-refractivity contribution is 5.96. The van der Waals surface area contributed by atoms with E-state index in [9.17, 15) is 29.1 Å². The summed E-state index contributed by atoms with van der Waals surface area (Å²) in [6.45, 7) is 3.83. The highest BCUT2D eigenvalue weighted by Crippen LogP contribution is 2.22. The van der Waals surface area contributed by atoms with Crippen LogP contribution in [0.2, 0.25) is 0 Å². The highest BCUT2D eigenvalue weighted by atomic mass is 16.4. The van der Waals surface area contributed by atoms with Crippen LogP contribution in [0.3, 0.4) is 0 Å². The molecule has 12 nitrogen and oxygen atoms in total. The topological polar surface area (TPSA) is 201 Å². The van der Waals surface area contributed by atoms with Gasteiger partial charge in [0.05, 0.1) is 12.5 Å². The number of aromatic nitrogens is 1. The Morgan fingerprint density at radius 2 is 1.89 bits per heavy atom. The molecule has 2 aromatic rings. The van der Waals surface area contributed by atoms with Crippen molar-refractivity contribution in [1.29, 1.82) is 0 Å². The zero-order chi connectivity index (χ0) is 28.0. The molecule has 5 atom stereocenters. The Morgan fingerprint density at radius 1 is 1.18 bits per heavy atom. The van der Waals surface area contributed by atoms with Gasteiger partial charge in [-0.1, -0.05) is 38.5 Å². The number of benzene rings is 1. The van der Waals surface area contributed by atoms with E-state index < -0.39 is 53.8 Å². The Labute approximate surface area is 220 Å². The first kappa shape index (κ1) is 28.6. The SMILES string of the molecule is CCC(C)C(NC(=O)C(Cc1c[nH]c2ccccc12)NC(=O)C1CCCN1C(=O)C(N)CC(N)=O)C(=O)O. The second-order valence-corrected chi connectivity index (χ2v) is 9.80. The Balaban J connectivity index is 1.84. The minimum Gasteiger partial charge on any atom is -0.480 e. The number of hydrogen-bond acceptors (Lipinski definition) is 6. The van der Waals surface area contributed by atoms with Gasteiger partial charge in [0, 0.05) is 30.1 Å². The lowest BCUT2D eigenvalue weighted by atomic mass is 9.98. The van der Waals surface area contributed by atoms with E-state index >= 15 is 0 Å². The quantitative estimate of drug-likeness (QED) is 0.222. The van der Waals surface area contributed by atoms with Crippen LogP contribution in [0.4, 0.5) is 0 Å². The van der Waals surface area contributed by atoms with Crippen molar-refractivity contribution in [3.05, 3.63) is 36.0 Å². The fourth-order valence-electron chi connectivity index (χ4n) is 4.75. The van der Waals surface area contributed by atoms with Gasteiger partial charge >= 0.3 is 5.97 Å². The molecule has 1 aliphatic heterocycles. The van der Waals surface area contributed by atoms with Crippen LogP contribution < -0.4 is 22.1 Å². The zero-order valence-corrected chi connectivity index (χ0v) is 21.6. The van der Waals surface area contributed by atoms with Gasteiger partial charge in [0.15, 0.2) is 0 Å². The molecular formula is C26H36N6O6. The summed E-state index contributed by atoms with van der Waals surface area (Å²) in [6.07, 6.45) is 2.92. The third-order valence-corrected chi connectivity index (χ3v) is 7.09. The number of hydrogen-bond donors (Lipinski definition) is 6. The Hall–Kier alpha value is -3.93. The van der Waals surface area contributed by atoms with E-state index in [1.54, 1.807) is 13.1 Å². The number of amides is 4. The molecule has 4 amide bonds. The summed E-state index contributed by atoms with van der Waals surface area (Å²) in [5.74, 6) is -4.00.